The van der Waals surface area contributed by atoms with E-state index in [1.54, 1.807) is 13.1 Å². The number of halogens is 2. The molecule has 106 valence electrons. The molecule has 1 aromatic carbocycles. The van der Waals surface area contributed by atoms with Crippen molar-refractivity contribution in [1.29, 1.82) is 0 Å². The molecule has 2 N–H and O–H groups in total. The number of hydrogen-bond acceptors (Lipinski definition) is 3. The van der Waals surface area contributed by atoms with Crippen LogP contribution >= 0.6 is 28.3 Å². The van der Waals surface area contributed by atoms with Crippen LogP contribution in [0.5, 0.6) is 0 Å². The van der Waals surface area contributed by atoms with Crippen molar-refractivity contribution in [1.82, 2.24) is 9.55 Å². The zero-order chi connectivity index (χ0) is 13.6. The maximum Gasteiger partial charge on any atom is 0.254 e. The van der Waals surface area contributed by atoms with Crippen LogP contribution in [0.1, 0.15) is 29.5 Å². The Kier molecular flexibility index (Phi) is 4.20. The lowest BCUT2D eigenvalue weighted by Gasteiger charge is -2.05. The first kappa shape index (κ1) is 15.1. The van der Waals surface area contributed by atoms with Crippen LogP contribution in [0.15, 0.2) is 39.6 Å². The van der Waals surface area contributed by atoms with Gasteiger partial charge >= 0.3 is 0 Å². The highest BCUT2D eigenvalue weighted by molar-refractivity contribution is 9.10. The minimum atomic E-state index is -0.0950. The maximum atomic E-state index is 11.7. The van der Waals surface area contributed by atoms with Crippen molar-refractivity contribution in [3.05, 3.63) is 56.4 Å². The number of rotatable bonds is 2. The van der Waals surface area contributed by atoms with E-state index in [1.807, 2.05) is 12.1 Å². The molecule has 0 spiro atoms. The normalized spacial score (nSPS) is 20.3. The molecule has 0 radical (unpaired) electrons. The van der Waals surface area contributed by atoms with Gasteiger partial charge in [-0.25, -0.2) is 4.98 Å². The van der Waals surface area contributed by atoms with E-state index in [4.69, 9.17) is 5.73 Å². The first-order chi connectivity index (χ1) is 9.06. The number of nitrogen functional groups attached to an aromatic ring is 1. The summed E-state index contributed by atoms with van der Waals surface area (Å²) in [7, 11) is 1.63. The van der Waals surface area contributed by atoms with Crippen molar-refractivity contribution in [2.45, 2.75) is 18.3 Å². The SMILES string of the molecule is Cl.Cn1c(N)nc([C@H]2C[C@H]2c2cccc(Br)c2)cc1=O. The van der Waals surface area contributed by atoms with Crippen molar-refractivity contribution in [3.63, 3.8) is 0 Å². The smallest absolute Gasteiger partial charge is 0.254 e. The summed E-state index contributed by atoms with van der Waals surface area (Å²) in [4.78, 5) is 16.0. The van der Waals surface area contributed by atoms with Crippen LogP contribution in [0.25, 0.3) is 0 Å². The van der Waals surface area contributed by atoms with Gasteiger partial charge in [-0.2, -0.15) is 0 Å². The van der Waals surface area contributed by atoms with E-state index in [1.165, 1.54) is 10.1 Å². The predicted molar refractivity (Wildman–Crippen MR) is 85.4 cm³/mol. The molecule has 2 aromatic rings. The quantitative estimate of drug-likeness (QED) is 0.900. The second-order valence-corrected chi connectivity index (χ2v) is 5.86. The molecule has 0 bridgehead atoms. The van der Waals surface area contributed by atoms with Gasteiger partial charge in [0, 0.05) is 23.5 Å². The van der Waals surface area contributed by atoms with Gasteiger partial charge in [0.2, 0.25) is 5.95 Å². The van der Waals surface area contributed by atoms with E-state index >= 15 is 0 Å². The molecule has 1 aliphatic rings. The van der Waals surface area contributed by atoms with Crippen molar-refractivity contribution >= 4 is 34.3 Å². The summed E-state index contributed by atoms with van der Waals surface area (Å²) >= 11 is 3.48. The Labute approximate surface area is 131 Å². The van der Waals surface area contributed by atoms with E-state index in [0.717, 1.165) is 16.6 Å². The summed E-state index contributed by atoms with van der Waals surface area (Å²) in [6.07, 6.45) is 1.02. The van der Waals surface area contributed by atoms with Gasteiger partial charge in [0.1, 0.15) is 0 Å². The Morgan fingerprint density at radius 3 is 2.75 bits per heavy atom. The summed E-state index contributed by atoms with van der Waals surface area (Å²) in [6, 6.07) is 9.86. The van der Waals surface area contributed by atoms with Gasteiger partial charge in [-0.05, 0) is 30.0 Å². The van der Waals surface area contributed by atoms with Gasteiger partial charge in [-0.3, -0.25) is 9.36 Å². The predicted octanol–water partition coefficient (Wildman–Crippen LogP) is 2.82. The summed E-state index contributed by atoms with van der Waals surface area (Å²) in [5.74, 6) is 1.03. The van der Waals surface area contributed by atoms with Crippen LogP contribution in [-0.2, 0) is 7.05 Å². The molecule has 6 heteroatoms. The highest BCUT2D eigenvalue weighted by atomic mass is 79.9. The molecule has 1 aliphatic carbocycles. The molecule has 1 saturated carbocycles. The van der Waals surface area contributed by atoms with E-state index in [2.05, 4.69) is 33.0 Å². The van der Waals surface area contributed by atoms with Crippen LogP contribution in [0.4, 0.5) is 5.95 Å². The minimum Gasteiger partial charge on any atom is -0.369 e. The summed E-state index contributed by atoms with van der Waals surface area (Å²) in [5.41, 5.74) is 7.73. The van der Waals surface area contributed by atoms with Crippen molar-refractivity contribution in [3.8, 4) is 0 Å². The molecular formula is C14H15BrClN3O. The summed E-state index contributed by atoms with van der Waals surface area (Å²) in [5, 5.41) is 0. The third kappa shape index (κ3) is 2.74. The first-order valence-corrected chi connectivity index (χ1v) is 6.94. The standard InChI is InChI=1S/C14H14BrN3O.ClH/c1-18-13(19)7-12(17-14(18)16)11-6-10(11)8-3-2-4-9(15)5-8;/h2-5,7,10-11H,6H2,1H3,(H2,16,17);1H/t10-,11-;/m0./s1. The molecule has 4 nitrogen and oxygen atoms in total. The topological polar surface area (TPSA) is 60.9 Å². The molecule has 1 heterocycles. The van der Waals surface area contributed by atoms with Gasteiger partial charge in [-0.15, -0.1) is 12.4 Å². The van der Waals surface area contributed by atoms with Crippen molar-refractivity contribution < 1.29 is 0 Å². The van der Waals surface area contributed by atoms with Crippen LogP contribution < -0.4 is 11.3 Å². The van der Waals surface area contributed by atoms with Crippen molar-refractivity contribution in [2.24, 2.45) is 7.05 Å². The lowest BCUT2D eigenvalue weighted by atomic mass is 10.1. The van der Waals surface area contributed by atoms with Crippen LogP contribution in [0.2, 0.25) is 0 Å². The third-order valence-electron chi connectivity index (χ3n) is 3.64. The average molecular weight is 357 g/mol. The van der Waals surface area contributed by atoms with Gasteiger partial charge in [0.15, 0.2) is 0 Å². The zero-order valence-corrected chi connectivity index (χ0v) is 13.3. The number of hydrogen-bond donors (Lipinski definition) is 1. The molecule has 0 saturated heterocycles. The Morgan fingerprint density at radius 2 is 2.10 bits per heavy atom. The van der Waals surface area contributed by atoms with E-state index in [9.17, 15) is 4.79 Å². The molecule has 20 heavy (non-hydrogen) atoms. The number of benzene rings is 1. The second-order valence-electron chi connectivity index (χ2n) is 4.94. The largest absolute Gasteiger partial charge is 0.369 e. The fourth-order valence-corrected chi connectivity index (χ4v) is 2.81. The Bertz CT molecular complexity index is 701. The number of nitrogens with two attached hydrogens (primary N) is 1. The molecule has 0 unspecified atom stereocenters. The van der Waals surface area contributed by atoms with Crippen LogP contribution in [-0.4, -0.2) is 9.55 Å². The average Bonchev–Trinajstić information content (AvgIpc) is 3.15. The molecule has 0 amide bonds. The maximum absolute atomic E-state index is 11.7. The Balaban J connectivity index is 0.00000147. The van der Waals surface area contributed by atoms with E-state index < -0.39 is 0 Å². The number of aromatic nitrogens is 2. The molecule has 3 rings (SSSR count). The van der Waals surface area contributed by atoms with E-state index in [-0.39, 0.29) is 23.9 Å². The Hall–Kier alpha value is -1.33. The zero-order valence-electron chi connectivity index (χ0n) is 10.9. The highest BCUT2D eigenvalue weighted by Crippen LogP contribution is 2.54. The fourth-order valence-electron chi connectivity index (χ4n) is 2.39. The molecule has 1 fully saturated rings. The lowest BCUT2D eigenvalue weighted by molar-refractivity contribution is 0.813. The van der Waals surface area contributed by atoms with Gasteiger partial charge in [0.25, 0.3) is 5.56 Å². The molecule has 2 atom stereocenters. The van der Waals surface area contributed by atoms with Crippen LogP contribution in [0, 0.1) is 0 Å². The fraction of sp³-hybridized carbons (Fsp3) is 0.286. The molecular weight excluding hydrogens is 342 g/mol. The van der Waals surface area contributed by atoms with Gasteiger partial charge in [-0.1, -0.05) is 28.1 Å². The second kappa shape index (κ2) is 5.58. The molecule has 1 aromatic heterocycles. The van der Waals surface area contributed by atoms with Gasteiger partial charge in [0.05, 0.1) is 5.69 Å². The van der Waals surface area contributed by atoms with E-state index in [0.29, 0.717) is 11.8 Å². The monoisotopic (exact) mass is 355 g/mol. The number of nitrogens with zero attached hydrogens (tertiary/aromatic N) is 2. The number of anilines is 1. The lowest BCUT2D eigenvalue weighted by Crippen LogP contribution is -2.21. The third-order valence-corrected chi connectivity index (χ3v) is 4.13. The van der Waals surface area contributed by atoms with Crippen LogP contribution in [0.3, 0.4) is 0 Å². The molecule has 0 aliphatic heterocycles. The van der Waals surface area contributed by atoms with Crippen molar-refractivity contribution in [2.75, 3.05) is 5.73 Å². The Morgan fingerprint density at radius 1 is 1.35 bits per heavy atom. The summed E-state index contributed by atoms with van der Waals surface area (Å²) in [6.45, 7) is 0. The van der Waals surface area contributed by atoms with Gasteiger partial charge < -0.3 is 5.73 Å². The minimum absolute atomic E-state index is 0. The summed E-state index contributed by atoms with van der Waals surface area (Å²) < 4.78 is 2.44. The highest BCUT2D eigenvalue weighted by Gasteiger charge is 2.41. The first-order valence-electron chi connectivity index (χ1n) is 6.15.